The molecule has 2 N–H and O–H groups in total. The van der Waals surface area contributed by atoms with Crippen molar-refractivity contribution in [3.63, 3.8) is 0 Å². The Kier molecular flexibility index (Phi) is 3.65. The van der Waals surface area contributed by atoms with Gasteiger partial charge >= 0.3 is 0 Å². The van der Waals surface area contributed by atoms with E-state index in [1.165, 1.54) is 16.8 Å². The lowest BCUT2D eigenvalue weighted by atomic mass is 10.1. The largest absolute Gasteiger partial charge is 0.366 e. The van der Waals surface area contributed by atoms with Crippen molar-refractivity contribution in [2.24, 2.45) is 5.73 Å². The maximum Gasteiger partial charge on any atom is 0.251 e. The van der Waals surface area contributed by atoms with Crippen LogP contribution in [-0.4, -0.2) is 15.5 Å². The van der Waals surface area contributed by atoms with Gasteiger partial charge in [0, 0.05) is 29.0 Å². The quantitative estimate of drug-likeness (QED) is 0.805. The first-order valence-corrected chi connectivity index (χ1v) is 6.95. The molecule has 0 bridgehead atoms. The van der Waals surface area contributed by atoms with Crippen LogP contribution >= 0.6 is 11.6 Å². The highest BCUT2D eigenvalue weighted by Crippen LogP contribution is 2.17. The van der Waals surface area contributed by atoms with E-state index >= 15 is 0 Å². The molecule has 0 saturated carbocycles. The zero-order valence-corrected chi connectivity index (χ0v) is 12.2. The second kappa shape index (κ2) is 5.61. The number of hydrogen-bond donors (Lipinski definition) is 1. The number of nitrogens with two attached hydrogens (primary N) is 1. The summed E-state index contributed by atoms with van der Waals surface area (Å²) in [6, 6.07) is 10.00. The Morgan fingerprint density at radius 1 is 1.18 bits per heavy atom. The van der Waals surface area contributed by atoms with E-state index in [2.05, 4.69) is 4.98 Å². The molecule has 3 aromatic rings. The zero-order valence-electron chi connectivity index (χ0n) is 11.5. The van der Waals surface area contributed by atoms with Gasteiger partial charge in [0.1, 0.15) is 0 Å². The van der Waals surface area contributed by atoms with Crippen LogP contribution in [0.3, 0.4) is 0 Å². The summed E-state index contributed by atoms with van der Waals surface area (Å²) in [6.45, 7) is 0.252. The summed E-state index contributed by atoms with van der Waals surface area (Å²) < 4.78 is 1.52. The van der Waals surface area contributed by atoms with Gasteiger partial charge in [0.25, 0.3) is 5.56 Å². The first-order valence-electron chi connectivity index (χ1n) is 6.57. The molecule has 0 fully saturated rings. The molecule has 0 aliphatic carbocycles. The molecule has 1 amide bonds. The molecular formula is C16H12ClN3O2. The van der Waals surface area contributed by atoms with Crippen LogP contribution in [0.4, 0.5) is 0 Å². The topological polar surface area (TPSA) is 78.0 Å². The number of primary amides is 1. The minimum Gasteiger partial charge on any atom is -0.366 e. The fourth-order valence-corrected chi connectivity index (χ4v) is 2.43. The second-order valence-electron chi connectivity index (χ2n) is 4.91. The molecule has 0 aliphatic rings. The van der Waals surface area contributed by atoms with Crippen LogP contribution in [0.1, 0.15) is 16.1 Å². The Morgan fingerprint density at radius 3 is 2.77 bits per heavy atom. The minimum atomic E-state index is -0.527. The van der Waals surface area contributed by atoms with Crippen molar-refractivity contribution in [2.75, 3.05) is 0 Å². The number of hydrogen-bond acceptors (Lipinski definition) is 3. The molecule has 2 heterocycles. The van der Waals surface area contributed by atoms with Gasteiger partial charge < -0.3 is 10.3 Å². The molecule has 0 atom stereocenters. The summed E-state index contributed by atoms with van der Waals surface area (Å²) >= 11 is 5.98. The molecule has 110 valence electrons. The number of pyridine rings is 2. The minimum absolute atomic E-state index is 0.152. The molecule has 22 heavy (non-hydrogen) atoms. The van der Waals surface area contributed by atoms with Crippen LogP contribution in [0.15, 0.2) is 53.6 Å². The van der Waals surface area contributed by atoms with E-state index in [-0.39, 0.29) is 12.1 Å². The number of halogens is 1. The molecule has 0 radical (unpaired) electrons. The van der Waals surface area contributed by atoms with Crippen molar-refractivity contribution in [1.29, 1.82) is 0 Å². The monoisotopic (exact) mass is 313 g/mol. The maximum atomic E-state index is 12.2. The lowest BCUT2D eigenvalue weighted by Gasteiger charge is -2.08. The number of carbonyl (C=O) groups is 1. The summed E-state index contributed by atoms with van der Waals surface area (Å²) in [5, 5.41) is 2.29. The smallest absolute Gasteiger partial charge is 0.251 e. The van der Waals surface area contributed by atoms with Crippen LogP contribution in [-0.2, 0) is 6.54 Å². The molecule has 5 nitrogen and oxygen atoms in total. The molecule has 0 saturated heterocycles. The van der Waals surface area contributed by atoms with Gasteiger partial charge in [-0.3, -0.25) is 14.6 Å². The molecule has 0 unspecified atom stereocenters. The molecular weight excluding hydrogens is 302 g/mol. The molecule has 0 aliphatic heterocycles. The SMILES string of the molecule is NC(=O)c1ccnc(Cn2cc3cc(Cl)ccc3cc2=O)c1. The van der Waals surface area contributed by atoms with Crippen LogP contribution in [0.25, 0.3) is 10.8 Å². The van der Waals surface area contributed by atoms with Gasteiger partial charge in [-0.05, 0) is 35.0 Å². The molecule has 1 aromatic carbocycles. The van der Waals surface area contributed by atoms with Gasteiger partial charge in [-0.1, -0.05) is 17.7 Å². The third-order valence-electron chi connectivity index (χ3n) is 3.34. The standard InChI is InChI=1S/C16H12ClN3O2/c17-13-2-1-10-7-15(21)20(8-12(10)5-13)9-14-6-11(16(18)22)3-4-19-14/h1-8H,9H2,(H2,18,22). The van der Waals surface area contributed by atoms with Crippen LogP contribution in [0.5, 0.6) is 0 Å². The van der Waals surface area contributed by atoms with Crippen molar-refractivity contribution >= 4 is 28.3 Å². The molecule has 2 aromatic heterocycles. The Balaban J connectivity index is 2.03. The fourth-order valence-electron chi connectivity index (χ4n) is 2.25. The number of fused-ring (bicyclic) bond motifs is 1. The second-order valence-corrected chi connectivity index (χ2v) is 5.35. The predicted octanol–water partition coefficient (Wildman–Crippen LogP) is 2.20. The van der Waals surface area contributed by atoms with Crippen LogP contribution < -0.4 is 11.3 Å². The predicted molar refractivity (Wildman–Crippen MR) is 85.1 cm³/mol. The van der Waals surface area contributed by atoms with Gasteiger partial charge in [-0.15, -0.1) is 0 Å². The van der Waals surface area contributed by atoms with E-state index in [1.807, 2.05) is 0 Å². The average molecular weight is 314 g/mol. The highest BCUT2D eigenvalue weighted by Gasteiger charge is 2.06. The number of aromatic nitrogens is 2. The number of benzene rings is 1. The number of rotatable bonds is 3. The lowest BCUT2D eigenvalue weighted by Crippen LogP contribution is -2.20. The van der Waals surface area contributed by atoms with E-state index in [0.717, 1.165) is 10.8 Å². The average Bonchev–Trinajstić information content (AvgIpc) is 2.49. The summed E-state index contributed by atoms with van der Waals surface area (Å²) in [7, 11) is 0. The van der Waals surface area contributed by atoms with Gasteiger partial charge in [0.05, 0.1) is 12.2 Å². The Morgan fingerprint density at radius 2 is 2.00 bits per heavy atom. The van der Waals surface area contributed by atoms with Crippen molar-refractivity contribution in [2.45, 2.75) is 6.54 Å². The number of amides is 1. The van der Waals surface area contributed by atoms with Crippen molar-refractivity contribution in [3.8, 4) is 0 Å². The molecule has 0 spiro atoms. The molecule has 3 rings (SSSR count). The van der Waals surface area contributed by atoms with Crippen LogP contribution in [0.2, 0.25) is 5.02 Å². The summed E-state index contributed by atoms with van der Waals surface area (Å²) in [5.74, 6) is -0.527. The number of carbonyl (C=O) groups excluding carboxylic acids is 1. The van der Waals surface area contributed by atoms with Gasteiger partial charge in [-0.25, -0.2) is 0 Å². The number of nitrogens with zero attached hydrogens (tertiary/aromatic N) is 2. The van der Waals surface area contributed by atoms with Gasteiger partial charge in [-0.2, -0.15) is 0 Å². The van der Waals surface area contributed by atoms with Gasteiger partial charge in [0.15, 0.2) is 0 Å². The lowest BCUT2D eigenvalue weighted by molar-refractivity contribution is 0.1000. The summed E-state index contributed by atoms with van der Waals surface area (Å²) in [4.78, 5) is 27.5. The summed E-state index contributed by atoms with van der Waals surface area (Å²) in [6.07, 6.45) is 3.22. The van der Waals surface area contributed by atoms with Gasteiger partial charge in [0.2, 0.25) is 5.91 Å². The van der Waals surface area contributed by atoms with Crippen molar-refractivity contribution in [1.82, 2.24) is 9.55 Å². The van der Waals surface area contributed by atoms with Crippen molar-refractivity contribution < 1.29 is 4.79 Å². The maximum absolute atomic E-state index is 12.2. The first kappa shape index (κ1) is 14.3. The van der Waals surface area contributed by atoms with E-state index in [0.29, 0.717) is 16.3 Å². The fraction of sp³-hybridized carbons (Fsp3) is 0.0625. The third kappa shape index (κ3) is 2.84. The van der Waals surface area contributed by atoms with Crippen LogP contribution in [0, 0.1) is 0 Å². The third-order valence-corrected chi connectivity index (χ3v) is 3.57. The summed E-state index contributed by atoms with van der Waals surface area (Å²) in [5.41, 5.74) is 6.04. The molecule has 6 heteroatoms. The highest BCUT2D eigenvalue weighted by atomic mass is 35.5. The Labute approximate surface area is 131 Å². The Bertz CT molecular complexity index is 934. The van der Waals surface area contributed by atoms with Crippen molar-refractivity contribution in [3.05, 3.63) is 75.4 Å². The van der Waals surface area contributed by atoms with E-state index in [4.69, 9.17) is 17.3 Å². The van der Waals surface area contributed by atoms with E-state index in [9.17, 15) is 9.59 Å². The first-order chi connectivity index (χ1) is 10.5. The van der Waals surface area contributed by atoms with E-state index in [1.54, 1.807) is 36.5 Å². The zero-order chi connectivity index (χ0) is 15.7. The Hall–Kier alpha value is -2.66. The normalized spacial score (nSPS) is 10.8. The highest BCUT2D eigenvalue weighted by molar-refractivity contribution is 6.31. The van der Waals surface area contributed by atoms with E-state index < -0.39 is 5.91 Å².